The van der Waals surface area contributed by atoms with E-state index in [9.17, 15) is 4.79 Å². The number of carbonyl (C=O) groups is 1. The van der Waals surface area contributed by atoms with Gasteiger partial charge in [-0.1, -0.05) is 57.5 Å². The minimum Gasteiger partial charge on any atom is -0.318 e. The molecule has 21 heavy (non-hydrogen) atoms. The predicted octanol–water partition coefficient (Wildman–Crippen LogP) is 3.86. The molecule has 1 aromatic rings. The van der Waals surface area contributed by atoms with Crippen LogP contribution in [0, 0.1) is 0 Å². The number of rotatable bonds is 6. The third-order valence-electron chi connectivity index (χ3n) is 4.75. The van der Waals surface area contributed by atoms with E-state index >= 15 is 0 Å². The number of carbonyl (C=O) groups excluding carboxylic acids is 1. The first-order valence-corrected chi connectivity index (χ1v) is 8.22. The Labute approximate surface area is 128 Å². The first-order chi connectivity index (χ1) is 10.1. The molecule has 3 nitrogen and oxygen atoms in total. The average molecular weight is 288 g/mol. The van der Waals surface area contributed by atoms with Crippen molar-refractivity contribution in [1.29, 1.82) is 0 Å². The molecule has 1 heterocycles. The molecule has 0 saturated carbocycles. The Morgan fingerprint density at radius 1 is 1.24 bits per heavy atom. The fraction of sp³-hybridized carbons (Fsp3) is 0.611. The first kappa shape index (κ1) is 16.0. The summed E-state index contributed by atoms with van der Waals surface area (Å²) in [6.45, 7) is 8.48. The summed E-state index contributed by atoms with van der Waals surface area (Å²) in [7, 11) is 0. The highest BCUT2D eigenvalue weighted by Crippen LogP contribution is 2.35. The molecule has 1 amide bonds. The summed E-state index contributed by atoms with van der Waals surface area (Å²) < 4.78 is 0. The second-order valence-corrected chi connectivity index (χ2v) is 6.21. The van der Waals surface area contributed by atoms with Gasteiger partial charge in [0.05, 0.1) is 5.54 Å². The lowest BCUT2D eigenvalue weighted by molar-refractivity contribution is -0.135. The Kier molecular flexibility index (Phi) is 5.04. The molecule has 3 unspecified atom stereocenters. The molecule has 3 heteroatoms. The molecule has 1 aliphatic heterocycles. The lowest BCUT2D eigenvalue weighted by Crippen LogP contribution is -2.44. The average Bonchev–Trinajstić information content (AvgIpc) is 2.79. The van der Waals surface area contributed by atoms with Gasteiger partial charge in [0.15, 0.2) is 0 Å². The smallest absolute Gasteiger partial charge is 0.244 e. The van der Waals surface area contributed by atoms with Crippen LogP contribution in [0.15, 0.2) is 30.3 Å². The van der Waals surface area contributed by atoms with E-state index in [0.29, 0.717) is 6.04 Å². The predicted molar refractivity (Wildman–Crippen MR) is 86.8 cm³/mol. The number of hydrogen-bond acceptors (Lipinski definition) is 2. The van der Waals surface area contributed by atoms with Crippen molar-refractivity contribution in [2.75, 3.05) is 0 Å². The van der Waals surface area contributed by atoms with Gasteiger partial charge in [-0.3, -0.25) is 10.1 Å². The number of nitrogens with one attached hydrogen (secondary N) is 1. The zero-order chi connectivity index (χ0) is 15.5. The van der Waals surface area contributed by atoms with E-state index in [-0.39, 0.29) is 12.1 Å². The molecule has 0 radical (unpaired) electrons. The molecule has 0 aromatic heterocycles. The van der Waals surface area contributed by atoms with Crippen molar-refractivity contribution >= 4 is 5.91 Å². The third-order valence-corrected chi connectivity index (χ3v) is 4.75. The van der Waals surface area contributed by atoms with E-state index in [1.807, 2.05) is 25.1 Å². The van der Waals surface area contributed by atoms with Gasteiger partial charge >= 0.3 is 0 Å². The maximum Gasteiger partial charge on any atom is 0.244 e. The van der Waals surface area contributed by atoms with Gasteiger partial charge in [0, 0.05) is 6.04 Å². The number of nitrogens with zero attached hydrogens (tertiary/aromatic N) is 1. The molecule has 0 bridgehead atoms. The summed E-state index contributed by atoms with van der Waals surface area (Å²) in [5.74, 6) is 0.249. The minimum atomic E-state index is -0.443. The van der Waals surface area contributed by atoms with E-state index in [1.165, 1.54) is 5.56 Å². The third kappa shape index (κ3) is 2.98. The number of hydrogen-bond donors (Lipinski definition) is 1. The molecule has 1 saturated heterocycles. The summed E-state index contributed by atoms with van der Waals surface area (Å²) in [6.07, 6.45) is 3.98. The highest BCUT2D eigenvalue weighted by molar-refractivity contribution is 5.88. The SMILES string of the molecule is CCCC(CC)N1C(=O)C(C)(CC)NC1c1ccccc1. The van der Waals surface area contributed by atoms with Crippen LogP contribution in [0.5, 0.6) is 0 Å². The van der Waals surface area contributed by atoms with Crippen LogP contribution in [0.25, 0.3) is 0 Å². The van der Waals surface area contributed by atoms with Gasteiger partial charge in [-0.25, -0.2) is 0 Å². The maximum absolute atomic E-state index is 13.0. The topological polar surface area (TPSA) is 32.3 Å². The van der Waals surface area contributed by atoms with Crippen molar-refractivity contribution in [3.63, 3.8) is 0 Å². The molecule has 2 rings (SSSR count). The highest BCUT2D eigenvalue weighted by atomic mass is 16.2. The van der Waals surface area contributed by atoms with Crippen molar-refractivity contribution < 1.29 is 4.79 Å². The van der Waals surface area contributed by atoms with Crippen LogP contribution in [-0.2, 0) is 4.79 Å². The number of benzene rings is 1. The molecular formula is C18H28N2O. The largest absolute Gasteiger partial charge is 0.318 e. The normalized spacial score (nSPS) is 27.1. The minimum absolute atomic E-state index is 0.000139. The van der Waals surface area contributed by atoms with Crippen LogP contribution in [0.4, 0.5) is 0 Å². The second kappa shape index (κ2) is 6.61. The van der Waals surface area contributed by atoms with E-state index < -0.39 is 5.54 Å². The van der Waals surface area contributed by atoms with E-state index in [2.05, 4.69) is 43.1 Å². The van der Waals surface area contributed by atoms with E-state index in [4.69, 9.17) is 0 Å². The van der Waals surface area contributed by atoms with Gasteiger partial charge in [0.2, 0.25) is 5.91 Å². The monoisotopic (exact) mass is 288 g/mol. The molecule has 0 aliphatic carbocycles. The highest BCUT2D eigenvalue weighted by Gasteiger charge is 2.48. The van der Waals surface area contributed by atoms with Crippen molar-refractivity contribution in [2.24, 2.45) is 0 Å². The van der Waals surface area contributed by atoms with Crippen molar-refractivity contribution in [1.82, 2.24) is 10.2 Å². The Morgan fingerprint density at radius 2 is 1.90 bits per heavy atom. The molecule has 0 spiro atoms. The molecule has 1 aliphatic rings. The van der Waals surface area contributed by atoms with E-state index in [0.717, 1.165) is 25.7 Å². The molecule has 1 N–H and O–H groups in total. The first-order valence-electron chi connectivity index (χ1n) is 8.22. The van der Waals surface area contributed by atoms with Gasteiger partial charge < -0.3 is 4.90 Å². The molecule has 116 valence electrons. The van der Waals surface area contributed by atoms with Gasteiger partial charge in [-0.15, -0.1) is 0 Å². The quantitative estimate of drug-likeness (QED) is 0.862. The van der Waals surface area contributed by atoms with Crippen LogP contribution in [0.1, 0.15) is 65.1 Å². The zero-order valence-corrected chi connectivity index (χ0v) is 13.7. The Hall–Kier alpha value is -1.35. The Bertz CT molecular complexity index is 473. The summed E-state index contributed by atoms with van der Waals surface area (Å²) in [6, 6.07) is 10.6. The van der Waals surface area contributed by atoms with Crippen molar-refractivity contribution in [2.45, 2.75) is 71.1 Å². The zero-order valence-electron chi connectivity index (χ0n) is 13.7. The molecular weight excluding hydrogens is 260 g/mol. The summed E-state index contributed by atoms with van der Waals surface area (Å²) in [5.41, 5.74) is 0.736. The van der Waals surface area contributed by atoms with Crippen LogP contribution >= 0.6 is 0 Å². The van der Waals surface area contributed by atoms with Crippen LogP contribution < -0.4 is 5.32 Å². The Morgan fingerprint density at radius 3 is 2.43 bits per heavy atom. The van der Waals surface area contributed by atoms with Crippen molar-refractivity contribution in [3.05, 3.63) is 35.9 Å². The van der Waals surface area contributed by atoms with Crippen LogP contribution in [0.2, 0.25) is 0 Å². The van der Waals surface area contributed by atoms with Gasteiger partial charge in [-0.2, -0.15) is 0 Å². The van der Waals surface area contributed by atoms with Crippen LogP contribution in [0.3, 0.4) is 0 Å². The fourth-order valence-electron chi connectivity index (χ4n) is 3.22. The molecule has 1 fully saturated rings. The van der Waals surface area contributed by atoms with Gasteiger partial charge in [-0.05, 0) is 31.7 Å². The fourth-order valence-corrected chi connectivity index (χ4v) is 3.22. The van der Waals surface area contributed by atoms with Gasteiger partial charge in [0.1, 0.15) is 6.17 Å². The summed E-state index contributed by atoms with van der Waals surface area (Å²) >= 11 is 0. The summed E-state index contributed by atoms with van der Waals surface area (Å²) in [4.78, 5) is 15.1. The molecule has 1 aromatic carbocycles. The lowest BCUT2D eigenvalue weighted by atomic mass is 9.98. The maximum atomic E-state index is 13.0. The van der Waals surface area contributed by atoms with Crippen LogP contribution in [-0.4, -0.2) is 22.4 Å². The summed E-state index contributed by atoms with van der Waals surface area (Å²) in [5, 5.41) is 3.58. The van der Waals surface area contributed by atoms with E-state index in [1.54, 1.807) is 0 Å². The molecule has 3 atom stereocenters. The van der Waals surface area contributed by atoms with Crippen molar-refractivity contribution in [3.8, 4) is 0 Å². The Balaban J connectivity index is 2.38. The van der Waals surface area contributed by atoms with Gasteiger partial charge in [0.25, 0.3) is 0 Å². The second-order valence-electron chi connectivity index (χ2n) is 6.21. The number of amides is 1. The standard InChI is InChI=1S/C18H28N2O/c1-5-11-15(6-2)20-16(14-12-9-8-10-13-14)19-18(4,7-3)17(20)21/h8-10,12-13,15-16,19H,5-7,11H2,1-4H3. The lowest BCUT2D eigenvalue weighted by Gasteiger charge is -2.32.